The van der Waals surface area contributed by atoms with Crippen LogP contribution < -0.4 is 21.3 Å². The lowest BCUT2D eigenvalue weighted by Gasteiger charge is -2.10. The van der Waals surface area contributed by atoms with E-state index in [1.54, 1.807) is 12.1 Å². The molecular formula is C26H34ClN7O3S. The third-order valence-corrected chi connectivity index (χ3v) is 6.64. The van der Waals surface area contributed by atoms with Gasteiger partial charge in [0.2, 0.25) is 0 Å². The van der Waals surface area contributed by atoms with Crippen molar-refractivity contribution in [1.29, 1.82) is 0 Å². The van der Waals surface area contributed by atoms with Crippen molar-refractivity contribution in [3.05, 3.63) is 51.7 Å². The average molecular weight is 560 g/mol. The first-order valence-corrected chi connectivity index (χ1v) is 13.8. The summed E-state index contributed by atoms with van der Waals surface area (Å²) in [6.45, 7) is 8.32. The van der Waals surface area contributed by atoms with Crippen molar-refractivity contribution < 1.29 is 14.3 Å². The number of carbonyl (C=O) groups excluding carboxylic acids is 2. The normalized spacial score (nSPS) is 10.7. The van der Waals surface area contributed by atoms with E-state index in [0.29, 0.717) is 57.8 Å². The summed E-state index contributed by atoms with van der Waals surface area (Å²) in [5.41, 5.74) is 1.47. The molecule has 3 rings (SSSR count). The Labute approximate surface area is 232 Å². The van der Waals surface area contributed by atoms with Gasteiger partial charge in [-0.05, 0) is 51.8 Å². The number of esters is 1. The molecule has 0 spiro atoms. The minimum atomic E-state index is -0.278. The highest BCUT2D eigenvalue weighted by molar-refractivity contribution is 7.17. The van der Waals surface area contributed by atoms with Crippen LogP contribution >= 0.6 is 22.9 Å². The Hall–Kier alpha value is -3.28. The van der Waals surface area contributed by atoms with Gasteiger partial charge < -0.3 is 26.0 Å². The molecule has 0 unspecified atom stereocenters. The van der Waals surface area contributed by atoms with Crippen molar-refractivity contribution in [2.45, 2.75) is 46.5 Å². The van der Waals surface area contributed by atoms with Gasteiger partial charge in [0.25, 0.3) is 5.91 Å². The summed E-state index contributed by atoms with van der Waals surface area (Å²) < 4.78 is 4.93. The number of benzene rings is 1. The first kappa shape index (κ1) is 29.3. The van der Waals surface area contributed by atoms with Gasteiger partial charge in [-0.3, -0.25) is 9.59 Å². The molecule has 0 saturated carbocycles. The molecule has 0 radical (unpaired) electrons. The molecule has 0 saturated heterocycles. The lowest BCUT2D eigenvalue weighted by molar-refractivity contribution is -0.143. The SMILES string of the molecule is CCOC(=O)CCCCCNCCNc1cc(Nc2ncc(C(=O)Nc3c(C)cccc3Cl)s2)nc(C)n1. The third-order valence-electron chi connectivity index (χ3n) is 5.41. The molecule has 204 valence electrons. The molecule has 1 amide bonds. The van der Waals surface area contributed by atoms with Crippen molar-refractivity contribution in [3.8, 4) is 0 Å². The number of ether oxygens (including phenoxy) is 1. The number of halogens is 1. The molecule has 0 bridgehead atoms. The van der Waals surface area contributed by atoms with Crippen molar-refractivity contribution >= 4 is 57.3 Å². The molecule has 4 N–H and O–H groups in total. The van der Waals surface area contributed by atoms with Crippen LogP contribution in [0.4, 0.5) is 22.5 Å². The Morgan fingerprint density at radius 2 is 1.87 bits per heavy atom. The number of unbranched alkanes of at least 4 members (excludes halogenated alkanes) is 2. The van der Waals surface area contributed by atoms with E-state index in [-0.39, 0.29) is 11.9 Å². The van der Waals surface area contributed by atoms with Crippen LogP contribution in [0.1, 0.15) is 53.7 Å². The zero-order valence-electron chi connectivity index (χ0n) is 21.9. The minimum absolute atomic E-state index is 0.122. The zero-order valence-corrected chi connectivity index (χ0v) is 23.5. The van der Waals surface area contributed by atoms with E-state index < -0.39 is 0 Å². The van der Waals surface area contributed by atoms with Gasteiger partial charge in [0.1, 0.15) is 22.3 Å². The number of nitrogens with one attached hydrogen (secondary N) is 4. The van der Waals surface area contributed by atoms with Crippen LogP contribution in [-0.4, -0.2) is 53.1 Å². The highest BCUT2D eigenvalue weighted by Crippen LogP contribution is 2.28. The minimum Gasteiger partial charge on any atom is -0.466 e. The number of aromatic nitrogens is 3. The summed E-state index contributed by atoms with van der Waals surface area (Å²) in [6.07, 6.45) is 4.84. The number of para-hydroxylation sites is 1. The van der Waals surface area contributed by atoms with Gasteiger partial charge in [-0.1, -0.05) is 41.5 Å². The van der Waals surface area contributed by atoms with E-state index in [0.717, 1.165) is 37.9 Å². The van der Waals surface area contributed by atoms with Gasteiger partial charge in [-0.15, -0.1) is 0 Å². The molecule has 1 aromatic carbocycles. The van der Waals surface area contributed by atoms with Crippen LogP contribution in [0.2, 0.25) is 5.02 Å². The van der Waals surface area contributed by atoms with Crippen LogP contribution in [0, 0.1) is 13.8 Å². The Balaban J connectivity index is 1.42. The second-order valence-corrected chi connectivity index (χ2v) is 9.96. The fraction of sp³-hybridized carbons (Fsp3) is 0.423. The largest absolute Gasteiger partial charge is 0.466 e. The fourth-order valence-electron chi connectivity index (χ4n) is 3.57. The molecule has 2 aromatic heterocycles. The zero-order chi connectivity index (χ0) is 27.3. The van der Waals surface area contributed by atoms with Crippen LogP contribution in [0.3, 0.4) is 0 Å². The summed E-state index contributed by atoms with van der Waals surface area (Å²) in [5, 5.41) is 13.7. The molecular weight excluding hydrogens is 526 g/mol. The Kier molecular flexibility index (Phi) is 11.7. The predicted molar refractivity (Wildman–Crippen MR) is 153 cm³/mol. The molecule has 2 heterocycles. The second-order valence-electron chi connectivity index (χ2n) is 8.52. The highest BCUT2D eigenvalue weighted by Gasteiger charge is 2.14. The van der Waals surface area contributed by atoms with Crippen LogP contribution in [-0.2, 0) is 9.53 Å². The Morgan fingerprint density at radius 1 is 1.05 bits per heavy atom. The fourth-order valence-corrected chi connectivity index (χ4v) is 4.55. The summed E-state index contributed by atoms with van der Waals surface area (Å²) in [7, 11) is 0. The number of aryl methyl sites for hydroxylation is 2. The Bertz CT molecular complexity index is 1200. The number of thiazole rings is 1. The topological polar surface area (TPSA) is 130 Å². The van der Waals surface area contributed by atoms with Gasteiger partial charge in [-0.25, -0.2) is 15.0 Å². The van der Waals surface area contributed by atoms with Crippen molar-refractivity contribution in [2.75, 3.05) is 42.2 Å². The number of carbonyl (C=O) groups is 2. The Morgan fingerprint density at radius 3 is 2.66 bits per heavy atom. The number of nitrogens with zero attached hydrogens (tertiary/aromatic N) is 3. The van der Waals surface area contributed by atoms with E-state index in [1.807, 2.05) is 32.9 Å². The summed E-state index contributed by atoms with van der Waals surface area (Å²) in [5.74, 6) is 1.48. The van der Waals surface area contributed by atoms with Crippen molar-refractivity contribution in [3.63, 3.8) is 0 Å². The van der Waals surface area contributed by atoms with Gasteiger partial charge in [0, 0.05) is 25.6 Å². The summed E-state index contributed by atoms with van der Waals surface area (Å²) >= 11 is 7.44. The first-order chi connectivity index (χ1) is 18.4. The molecule has 3 aromatic rings. The standard InChI is InChI=1S/C26H34ClN7O3S/c1-4-37-23(35)11-6-5-7-12-28-13-14-29-21-15-22(32-18(3)31-21)33-26-30-16-20(38-26)25(36)34-24-17(2)9-8-10-19(24)27/h8-10,15-16,28H,4-7,11-14H2,1-3H3,(H,34,36)(H2,29,30,31,32,33). The molecule has 12 heteroatoms. The van der Waals surface area contributed by atoms with E-state index in [1.165, 1.54) is 17.5 Å². The van der Waals surface area contributed by atoms with Crippen molar-refractivity contribution in [1.82, 2.24) is 20.3 Å². The van der Waals surface area contributed by atoms with Gasteiger partial charge in [0.05, 0.1) is 23.5 Å². The molecule has 38 heavy (non-hydrogen) atoms. The maximum atomic E-state index is 12.7. The number of hydrogen-bond acceptors (Lipinski definition) is 10. The second kappa shape index (κ2) is 15.2. The average Bonchev–Trinajstić information content (AvgIpc) is 3.33. The van der Waals surface area contributed by atoms with Crippen molar-refractivity contribution in [2.24, 2.45) is 0 Å². The molecule has 0 aliphatic carbocycles. The molecule has 0 aliphatic heterocycles. The van der Waals surface area contributed by atoms with E-state index in [9.17, 15) is 9.59 Å². The van der Waals surface area contributed by atoms with Crippen LogP contribution in [0.25, 0.3) is 0 Å². The number of hydrogen-bond donors (Lipinski definition) is 4. The quantitative estimate of drug-likeness (QED) is 0.144. The highest BCUT2D eigenvalue weighted by atomic mass is 35.5. The van der Waals surface area contributed by atoms with E-state index in [4.69, 9.17) is 16.3 Å². The number of rotatable bonds is 15. The smallest absolute Gasteiger partial charge is 0.305 e. The maximum absolute atomic E-state index is 12.7. The van der Waals surface area contributed by atoms with E-state index in [2.05, 4.69) is 36.2 Å². The monoisotopic (exact) mass is 559 g/mol. The van der Waals surface area contributed by atoms with Crippen LogP contribution in [0.15, 0.2) is 30.5 Å². The lowest BCUT2D eigenvalue weighted by atomic mass is 10.2. The number of amides is 1. The summed E-state index contributed by atoms with van der Waals surface area (Å²) in [4.78, 5) is 37.6. The molecule has 0 aliphatic rings. The van der Waals surface area contributed by atoms with Gasteiger partial charge >= 0.3 is 5.97 Å². The molecule has 0 atom stereocenters. The molecule has 10 nitrogen and oxygen atoms in total. The molecule has 0 fully saturated rings. The predicted octanol–water partition coefficient (Wildman–Crippen LogP) is 5.32. The lowest BCUT2D eigenvalue weighted by Crippen LogP contribution is -2.23. The maximum Gasteiger partial charge on any atom is 0.305 e. The third kappa shape index (κ3) is 9.55. The van der Waals surface area contributed by atoms with Crippen LogP contribution in [0.5, 0.6) is 0 Å². The van der Waals surface area contributed by atoms with Gasteiger partial charge in [-0.2, -0.15) is 0 Å². The van der Waals surface area contributed by atoms with Gasteiger partial charge in [0.15, 0.2) is 5.13 Å². The first-order valence-electron chi connectivity index (χ1n) is 12.6. The number of anilines is 4. The van der Waals surface area contributed by atoms with E-state index >= 15 is 0 Å². The summed E-state index contributed by atoms with van der Waals surface area (Å²) in [6, 6.07) is 7.26.